The second-order valence-electron chi connectivity index (χ2n) is 3.19. The van der Waals surface area contributed by atoms with Crippen molar-refractivity contribution in [3.63, 3.8) is 0 Å². The Morgan fingerprint density at radius 3 is 2.29 bits per heavy atom. The van der Waals surface area contributed by atoms with Gasteiger partial charge in [0.05, 0.1) is 0 Å². The topological polar surface area (TPSA) is 63.3 Å². The Bertz CT molecular complexity index is 142. The molecular weight excluding hydrogens is 178 g/mol. The lowest BCUT2D eigenvalue weighted by atomic mass is 10.00. The molecule has 3 N–H and O–H groups in total. The average Bonchev–Trinajstić information content (AvgIpc) is 2.20. The van der Waals surface area contributed by atoms with Gasteiger partial charge in [0, 0.05) is 6.08 Å². The first kappa shape index (κ1) is 15.6. The third-order valence-corrected chi connectivity index (χ3v) is 2.05. The number of rotatable bonds is 6. The quantitative estimate of drug-likeness (QED) is 0.649. The monoisotopic (exact) mass is 201 g/mol. The van der Waals surface area contributed by atoms with Crippen LogP contribution in [-0.2, 0) is 4.79 Å². The summed E-state index contributed by atoms with van der Waals surface area (Å²) in [4.78, 5) is 9.25. The summed E-state index contributed by atoms with van der Waals surface area (Å²) in [5, 5.41) is 7.60. The van der Waals surface area contributed by atoms with E-state index in [1.165, 1.54) is 25.7 Å². The normalized spacial score (nSPS) is 11.1. The Kier molecular flexibility index (Phi) is 13.6. The molecule has 0 rings (SSSR count). The van der Waals surface area contributed by atoms with E-state index in [-0.39, 0.29) is 0 Å². The second kappa shape index (κ2) is 12.2. The van der Waals surface area contributed by atoms with Crippen molar-refractivity contribution in [3.8, 4) is 0 Å². The second-order valence-corrected chi connectivity index (χ2v) is 3.19. The van der Waals surface area contributed by atoms with Gasteiger partial charge < -0.3 is 10.8 Å². The summed E-state index contributed by atoms with van der Waals surface area (Å²) in [6, 6.07) is 0. The van der Waals surface area contributed by atoms with Crippen molar-refractivity contribution < 1.29 is 9.90 Å². The maximum Gasteiger partial charge on any atom is 0.327 e. The zero-order chi connectivity index (χ0) is 11.4. The summed E-state index contributed by atoms with van der Waals surface area (Å²) in [7, 11) is 0. The molecule has 1 unspecified atom stereocenters. The van der Waals surface area contributed by atoms with Crippen molar-refractivity contribution in [2.45, 2.75) is 39.5 Å². The van der Waals surface area contributed by atoms with E-state index in [1.807, 2.05) is 0 Å². The van der Waals surface area contributed by atoms with Gasteiger partial charge in [0.2, 0.25) is 0 Å². The SMILES string of the molecule is C=CC(=O)O.CCCCC(CC)CN. The average molecular weight is 201 g/mol. The van der Waals surface area contributed by atoms with Crippen LogP contribution in [0.15, 0.2) is 12.7 Å². The number of unbranched alkanes of at least 4 members (excludes halogenated alkanes) is 1. The fourth-order valence-electron chi connectivity index (χ4n) is 0.981. The molecule has 1 atom stereocenters. The minimum absolute atomic E-state index is 0.782. The molecule has 84 valence electrons. The summed E-state index contributed by atoms with van der Waals surface area (Å²) in [5.74, 6) is -0.199. The van der Waals surface area contributed by atoms with Crippen LogP contribution in [-0.4, -0.2) is 17.6 Å². The Morgan fingerprint density at radius 2 is 2.07 bits per heavy atom. The van der Waals surface area contributed by atoms with Crippen LogP contribution >= 0.6 is 0 Å². The van der Waals surface area contributed by atoms with Crippen LogP contribution in [0.4, 0.5) is 0 Å². The number of carbonyl (C=O) groups is 1. The smallest absolute Gasteiger partial charge is 0.327 e. The molecule has 0 aromatic heterocycles. The molecule has 3 nitrogen and oxygen atoms in total. The molecule has 0 aliphatic rings. The zero-order valence-electron chi connectivity index (χ0n) is 9.33. The Labute approximate surface area is 87.0 Å². The van der Waals surface area contributed by atoms with E-state index in [0.717, 1.165) is 18.5 Å². The standard InChI is InChI=1S/C8H19N.C3H4O2/c1-3-5-6-8(4-2)7-9;1-2-3(4)5/h8H,3-7,9H2,1-2H3;2H,1H2,(H,4,5). The van der Waals surface area contributed by atoms with Crippen molar-refractivity contribution in [3.05, 3.63) is 12.7 Å². The Morgan fingerprint density at radius 1 is 1.57 bits per heavy atom. The van der Waals surface area contributed by atoms with Gasteiger partial charge in [-0.05, 0) is 18.9 Å². The van der Waals surface area contributed by atoms with E-state index in [1.54, 1.807) is 0 Å². The van der Waals surface area contributed by atoms with Gasteiger partial charge in [-0.1, -0.05) is 39.7 Å². The van der Waals surface area contributed by atoms with Gasteiger partial charge in [0.15, 0.2) is 0 Å². The van der Waals surface area contributed by atoms with Crippen molar-refractivity contribution in [2.24, 2.45) is 11.7 Å². The molecule has 0 saturated carbocycles. The van der Waals surface area contributed by atoms with Crippen molar-refractivity contribution >= 4 is 5.97 Å². The lowest BCUT2D eigenvalue weighted by Crippen LogP contribution is -2.12. The molecule has 0 amide bonds. The van der Waals surface area contributed by atoms with Gasteiger partial charge in [0.25, 0.3) is 0 Å². The number of nitrogens with two attached hydrogens (primary N) is 1. The van der Waals surface area contributed by atoms with Gasteiger partial charge >= 0.3 is 5.97 Å². The van der Waals surface area contributed by atoms with Crippen molar-refractivity contribution in [1.29, 1.82) is 0 Å². The van der Waals surface area contributed by atoms with Gasteiger partial charge in [-0.15, -0.1) is 0 Å². The van der Waals surface area contributed by atoms with Crippen LogP contribution in [0, 0.1) is 5.92 Å². The van der Waals surface area contributed by atoms with Crippen LogP contribution in [0.2, 0.25) is 0 Å². The minimum atomic E-state index is -0.981. The molecule has 0 spiro atoms. The summed E-state index contributed by atoms with van der Waals surface area (Å²) in [5.41, 5.74) is 5.52. The van der Waals surface area contributed by atoms with E-state index in [9.17, 15) is 4.79 Å². The van der Waals surface area contributed by atoms with Crippen LogP contribution in [0.5, 0.6) is 0 Å². The molecular formula is C11H23NO2. The minimum Gasteiger partial charge on any atom is -0.478 e. The van der Waals surface area contributed by atoms with Crippen LogP contribution in [0.3, 0.4) is 0 Å². The molecule has 0 bridgehead atoms. The number of aliphatic carboxylic acids is 1. The third kappa shape index (κ3) is 13.7. The van der Waals surface area contributed by atoms with E-state index in [0.29, 0.717) is 0 Å². The van der Waals surface area contributed by atoms with E-state index >= 15 is 0 Å². The highest BCUT2D eigenvalue weighted by atomic mass is 16.4. The molecule has 0 radical (unpaired) electrons. The number of carboxylic acids is 1. The molecule has 0 aromatic rings. The summed E-state index contributed by atoms with van der Waals surface area (Å²) in [6.45, 7) is 8.27. The first-order valence-corrected chi connectivity index (χ1v) is 5.17. The van der Waals surface area contributed by atoms with E-state index in [4.69, 9.17) is 10.8 Å². The molecule has 14 heavy (non-hydrogen) atoms. The van der Waals surface area contributed by atoms with Crippen LogP contribution in [0.1, 0.15) is 39.5 Å². The first-order valence-electron chi connectivity index (χ1n) is 5.17. The molecule has 0 saturated heterocycles. The summed E-state index contributed by atoms with van der Waals surface area (Å²) < 4.78 is 0. The van der Waals surface area contributed by atoms with E-state index in [2.05, 4.69) is 20.4 Å². The van der Waals surface area contributed by atoms with Crippen LogP contribution < -0.4 is 5.73 Å². The van der Waals surface area contributed by atoms with E-state index < -0.39 is 5.97 Å². The van der Waals surface area contributed by atoms with Gasteiger partial charge in [-0.25, -0.2) is 4.79 Å². The number of carboxylic acid groups (broad SMARTS) is 1. The Balaban J connectivity index is 0. The van der Waals surface area contributed by atoms with Crippen molar-refractivity contribution in [2.75, 3.05) is 6.54 Å². The highest BCUT2D eigenvalue weighted by Gasteiger charge is 2.00. The molecule has 0 fully saturated rings. The summed E-state index contributed by atoms with van der Waals surface area (Å²) in [6.07, 6.45) is 6.05. The lowest BCUT2D eigenvalue weighted by Gasteiger charge is -2.09. The fourth-order valence-corrected chi connectivity index (χ4v) is 0.981. The van der Waals surface area contributed by atoms with Crippen molar-refractivity contribution in [1.82, 2.24) is 0 Å². The maximum absolute atomic E-state index is 9.25. The molecule has 3 heteroatoms. The molecule has 0 aliphatic carbocycles. The number of hydrogen-bond donors (Lipinski definition) is 2. The highest BCUT2D eigenvalue weighted by Crippen LogP contribution is 2.09. The third-order valence-electron chi connectivity index (χ3n) is 2.05. The molecule has 0 aliphatic heterocycles. The predicted molar refractivity (Wildman–Crippen MR) is 60.2 cm³/mol. The fraction of sp³-hybridized carbons (Fsp3) is 0.727. The predicted octanol–water partition coefficient (Wildman–Crippen LogP) is 2.42. The largest absolute Gasteiger partial charge is 0.478 e. The Hall–Kier alpha value is -0.830. The van der Waals surface area contributed by atoms with Gasteiger partial charge in [0.1, 0.15) is 0 Å². The van der Waals surface area contributed by atoms with Gasteiger partial charge in [-0.3, -0.25) is 0 Å². The van der Waals surface area contributed by atoms with Gasteiger partial charge in [-0.2, -0.15) is 0 Å². The summed E-state index contributed by atoms with van der Waals surface area (Å²) >= 11 is 0. The number of hydrogen-bond acceptors (Lipinski definition) is 2. The molecule has 0 heterocycles. The zero-order valence-corrected chi connectivity index (χ0v) is 9.33. The highest BCUT2D eigenvalue weighted by molar-refractivity contribution is 5.78. The van der Waals surface area contributed by atoms with Crippen LogP contribution in [0.25, 0.3) is 0 Å². The maximum atomic E-state index is 9.25. The lowest BCUT2D eigenvalue weighted by molar-refractivity contribution is -0.131. The first-order chi connectivity index (χ1) is 6.62. The molecule has 0 aromatic carbocycles.